The van der Waals surface area contributed by atoms with Crippen LogP contribution in [-0.4, -0.2) is 38.8 Å². The average Bonchev–Trinajstić information content (AvgIpc) is 3.12. The zero-order chi connectivity index (χ0) is 26.0. The van der Waals surface area contributed by atoms with Crippen molar-refractivity contribution < 1.29 is 4.79 Å². The Balaban J connectivity index is 1.86. The fourth-order valence-electron chi connectivity index (χ4n) is 6.11. The molecule has 1 aromatic heterocycles. The SMILES string of the molecule is CCCCn1c(N2CC(C)CC(C)C2)c(/C=C2/SC(=S)N(C3CCCCC3)C2=O)c(C)c(C#N)c1=O. The number of hydrogen-bond acceptors (Lipinski definition) is 6. The smallest absolute Gasteiger partial charge is 0.270 e. The minimum Gasteiger partial charge on any atom is -0.357 e. The molecule has 1 amide bonds. The van der Waals surface area contributed by atoms with Gasteiger partial charge in [0.25, 0.3) is 11.5 Å². The first-order valence-corrected chi connectivity index (χ1v) is 14.7. The summed E-state index contributed by atoms with van der Waals surface area (Å²) in [5.74, 6) is 1.81. The molecule has 4 rings (SSSR count). The van der Waals surface area contributed by atoms with Crippen molar-refractivity contribution in [2.45, 2.75) is 91.6 Å². The Kier molecular flexibility index (Phi) is 8.62. The van der Waals surface area contributed by atoms with E-state index in [4.69, 9.17) is 12.2 Å². The van der Waals surface area contributed by atoms with E-state index in [1.807, 2.05) is 17.9 Å². The molecular formula is C28H38N4O2S2. The lowest BCUT2D eigenvalue weighted by Gasteiger charge is -2.39. The van der Waals surface area contributed by atoms with Crippen molar-refractivity contribution in [3.05, 3.63) is 31.9 Å². The number of rotatable bonds is 6. The molecule has 0 aromatic carbocycles. The number of nitrogens with zero attached hydrogens (tertiary/aromatic N) is 4. The van der Waals surface area contributed by atoms with E-state index in [2.05, 4.69) is 31.7 Å². The standard InChI is InChI=1S/C28H38N4O2S2/c1-5-6-12-31-25(30-16-18(2)13-19(3)17-30)22(20(4)23(15-29)26(31)33)14-24-27(34)32(28(35)36-24)21-10-8-7-9-11-21/h14,18-19,21H,5-13,16-17H2,1-4H3/b24-14+. The highest BCUT2D eigenvalue weighted by Gasteiger charge is 2.38. The van der Waals surface area contributed by atoms with Gasteiger partial charge in [-0.3, -0.25) is 19.1 Å². The number of thioether (sulfide) groups is 1. The Labute approximate surface area is 224 Å². The maximum Gasteiger partial charge on any atom is 0.270 e. The maximum absolute atomic E-state index is 13.6. The van der Waals surface area contributed by atoms with Gasteiger partial charge in [-0.05, 0) is 56.1 Å². The van der Waals surface area contributed by atoms with E-state index in [9.17, 15) is 14.9 Å². The number of unbranched alkanes of at least 4 members (excludes halogenated alkanes) is 1. The van der Waals surface area contributed by atoms with Crippen LogP contribution in [0.3, 0.4) is 0 Å². The highest BCUT2D eigenvalue weighted by atomic mass is 32.2. The van der Waals surface area contributed by atoms with Gasteiger partial charge in [0.2, 0.25) is 0 Å². The molecule has 1 saturated carbocycles. The van der Waals surface area contributed by atoms with E-state index < -0.39 is 0 Å². The molecule has 2 saturated heterocycles. The van der Waals surface area contributed by atoms with Crippen molar-refractivity contribution in [2.24, 2.45) is 11.8 Å². The minimum atomic E-state index is -0.226. The van der Waals surface area contributed by atoms with E-state index in [0.717, 1.165) is 69.4 Å². The second-order valence-corrected chi connectivity index (χ2v) is 12.5. The molecule has 3 heterocycles. The van der Waals surface area contributed by atoms with Crippen molar-refractivity contribution >= 4 is 46.1 Å². The Morgan fingerprint density at radius 1 is 1.14 bits per heavy atom. The number of carbonyl (C=O) groups is 1. The summed E-state index contributed by atoms with van der Waals surface area (Å²) >= 11 is 7.03. The van der Waals surface area contributed by atoms with Gasteiger partial charge in [-0.2, -0.15) is 5.26 Å². The van der Waals surface area contributed by atoms with Crippen LogP contribution in [0.1, 0.15) is 88.8 Å². The van der Waals surface area contributed by atoms with Crippen molar-refractivity contribution in [3.63, 3.8) is 0 Å². The molecule has 3 fully saturated rings. The fourth-order valence-corrected chi connectivity index (χ4v) is 7.49. The molecule has 36 heavy (non-hydrogen) atoms. The zero-order valence-electron chi connectivity index (χ0n) is 22.0. The van der Waals surface area contributed by atoms with Gasteiger partial charge in [0.1, 0.15) is 21.8 Å². The van der Waals surface area contributed by atoms with Gasteiger partial charge in [-0.1, -0.05) is 70.4 Å². The van der Waals surface area contributed by atoms with Crippen LogP contribution in [0.4, 0.5) is 5.82 Å². The molecule has 1 aromatic rings. The van der Waals surface area contributed by atoms with Crippen LogP contribution in [0, 0.1) is 30.1 Å². The average molecular weight is 527 g/mol. The van der Waals surface area contributed by atoms with Gasteiger partial charge in [0, 0.05) is 31.2 Å². The van der Waals surface area contributed by atoms with Crippen molar-refractivity contribution in [2.75, 3.05) is 18.0 Å². The summed E-state index contributed by atoms with van der Waals surface area (Å²) in [6.07, 6.45) is 10.3. The molecule has 2 atom stereocenters. The maximum atomic E-state index is 13.6. The lowest BCUT2D eigenvalue weighted by Crippen LogP contribution is -2.43. The molecule has 2 unspecified atom stereocenters. The highest BCUT2D eigenvalue weighted by molar-refractivity contribution is 8.26. The number of nitriles is 1. The minimum absolute atomic E-state index is 0.0348. The van der Waals surface area contributed by atoms with Crippen molar-refractivity contribution in [1.82, 2.24) is 9.47 Å². The summed E-state index contributed by atoms with van der Waals surface area (Å²) in [6, 6.07) is 2.34. The van der Waals surface area contributed by atoms with Crippen LogP contribution >= 0.6 is 24.0 Å². The molecule has 2 aliphatic heterocycles. The highest BCUT2D eigenvalue weighted by Crippen LogP contribution is 2.40. The third-order valence-corrected chi connectivity index (χ3v) is 9.12. The largest absolute Gasteiger partial charge is 0.357 e. The van der Waals surface area contributed by atoms with Crippen molar-refractivity contribution in [3.8, 4) is 6.07 Å². The number of pyridine rings is 1. The van der Waals surface area contributed by atoms with E-state index in [-0.39, 0.29) is 23.1 Å². The first-order valence-electron chi connectivity index (χ1n) is 13.5. The monoisotopic (exact) mass is 526 g/mol. The quantitative estimate of drug-likeness (QED) is 0.342. The second kappa shape index (κ2) is 11.5. The van der Waals surface area contributed by atoms with Crippen LogP contribution in [0.15, 0.2) is 9.70 Å². The third kappa shape index (κ3) is 5.28. The first-order chi connectivity index (χ1) is 17.3. The molecule has 0 N–H and O–H groups in total. The molecule has 0 bridgehead atoms. The van der Waals surface area contributed by atoms with Gasteiger partial charge in [-0.25, -0.2) is 0 Å². The van der Waals surface area contributed by atoms with E-state index in [0.29, 0.717) is 33.2 Å². The van der Waals surface area contributed by atoms with Gasteiger partial charge < -0.3 is 4.90 Å². The number of aromatic nitrogens is 1. The van der Waals surface area contributed by atoms with Crippen LogP contribution in [0.25, 0.3) is 6.08 Å². The van der Waals surface area contributed by atoms with Crippen LogP contribution in [0.5, 0.6) is 0 Å². The van der Waals surface area contributed by atoms with Gasteiger partial charge >= 0.3 is 0 Å². The zero-order valence-corrected chi connectivity index (χ0v) is 23.6. The predicted molar refractivity (Wildman–Crippen MR) is 152 cm³/mol. The molecule has 6 nitrogen and oxygen atoms in total. The van der Waals surface area contributed by atoms with Crippen LogP contribution < -0.4 is 10.5 Å². The molecule has 194 valence electrons. The summed E-state index contributed by atoms with van der Waals surface area (Å²) < 4.78 is 2.42. The number of carbonyl (C=O) groups excluding carboxylic acids is 1. The Morgan fingerprint density at radius 3 is 2.42 bits per heavy atom. The predicted octanol–water partition coefficient (Wildman–Crippen LogP) is 5.84. The summed E-state index contributed by atoms with van der Waals surface area (Å²) in [4.78, 5) is 31.8. The van der Waals surface area contributed by atoms with E-state index >= 15 is 0 Å². The van der Waals surface area contributed by atoms with E-state index in [1.165, 1.54) is 18.2 Å². The fraction of sp³-hybridized carbons (Fsp3) is 0.643. The molecule has 0 radical (unpaired) electrons. The third-order valence-electron chi connectivity index (χ3n) is 7.79. The Morgan fingerprint density at radius 2 is 1.81 bits per heavy atom. The van der Waals surface area contributed by atoms with Crippen LogP contribution in [-0.2, 0) is 11.3 Å². The molecule has 0 spiro atoms. The Hall–Kier alpha value is -2.11. The summed E-state index contributed by atoms with van der Waals surface area (Å²) in [6.45, 7) is 10.7. The summed E-state index contributed by atoms with van der Waals surface area (Å²) in [5, 5.41) is 9.93. The van der Waals surface area contributed by atoms with Gasteiger partial charge in [0.05, 0.1) is 4.91 Å². The van der Waals surface area contributed by atoms with E-state index in [1.54, 1.807) is 4.57 Å². The number of piperidine rings is 1. The summed E-state index contributed by atoms with van der Waals surface area (Å²) in [7, 11) is 0. The molecule has 1 aliphatic carbocycles. The first kappa shape index (κ1) is 26.9. The van der Waals surface area contributed by atoms with Crippen molar-refractivity contribution in [1.29, 1.82) is 5.26 Å². The van der Waals surface area contributed by atoms with Gasteiger partial charge in [-0.15, -0.1) is 0 Å². The molecular weight excluding hydrogens is 488 g/mol. The molecule has 8 heteroatoms. The molecule has 3 aliphatic rings. The Bertz CT molecular complexity index is 1150. The number of amides is 1. The lowest BCUT2D eigenvalue weighted by atomic mass is 9.91. The number of anilines is 1. The number of thiocarbonyl (C=S) groups is 1. The second-order valence-electron chi connectivity index (χ2n) is 10.9. The van der Waals surface area contributed by atoms with Gasteiger partial charge in [0.15, 0.2) is 0 Å². The number of hydrogen-bond donors (Lipinski definition) is 0. The lowest BCUT2D eigenvalue weighted by molar-refractivity contribution is -0.124. The topological polar surface area (TPSA) is 69.3 Å². The normalized spacial score (nSPS) is 24.6. The van der Waals surface area contributed by atoms with Crippen LogP contribution in [0.2, 0.25) is 0 Å². The summed E-state index contributed by atoms with van der Waals surface area (Å²) in [5.41, 5.74) is 1.41.